The third-order valence-corrected chi connectivity index (χ3v) is 4.23. The van der Waals surface area contributed by atoms with E-state index in [1.54, 1.807) is 0 Å². The average Bonchev–Trinajstić information content (AvgIpc) is 2.81. The van der Waals surface area contributed by atoms with Gasteiger partial charge in [-0.05, 0) is 52.4 Å². The number of methoxy groups -OCH3 is 1. The lowest BCUT2D eigenvalue weighted by molar-refractivity contribution is -0.136. The molecular weight excluding hydrogens is 231 g/mol. The van der Waals surface area contributed by atoms with E-state index in [0.29, 0.717) is 0 Å². The van der Waals surface area contributed by atoms with Crippen LogP contribution in [0.5, 0.6) is 0 Å². The minimum absolute atomic E-state index is 0.253. The van der Waals surface area contributed by atoms with Crippen LogP contribution in [0.2, 0.25) is 0 Å². The molecule has 0 aromatic carbocycles. The van der Waals surface area contributed by atoms with E-state index < -0.39 is 7.12 Å². The third-order valence-electron chi connectivity index (χ3n) is 4.23. The Bertz CT molecular complexity index is 382. The number of allylic oxidation sites excluding steroid dienone is 1. The van der Waals surface area contributed by atoms with Gasteiger partial charge in [0.15, 0.2) is 0 Å². The lowest BCUT2D eigenvalue weighted by Gasteiger charge is -2.32. The van der Waals surface area contributed by atoms with Gasteiger partial charge >= 0.3 is 13.1 Å². The summed E-state index contributed by atoms with van der Waals surface area (Å²) in [4.78, 5) is 11.7. The van der Waals surface area contributed by atoms with E-state index in [9.17, 15) is 4.79 Å². The fourth-order valence-corrected chi connectivity index (χ4v) is 2.37. The lowest BCUT2D eigenvalue weighted by Crippen LogP contribution is -2.41. The quantitative estimate of drug-likeness (QED) is 0.558. The molecule has 0 N–H and O–H groups in total. The summed E-state index contributed by atoms with van der Waals surface area (Å²) < 4.78 is 16.8. The first-order valence-corrected chi connectivity index (χ1v) is 6.44. The Labute approximate surface area is 109 Å². The van der Waals surface area contributed by atoms with Gasteiger partial charge in [0.1, 0.15) is 0 Å². The summed E-state index contributed by atoms with van der Waals surface area (Å²) in [7, 11) is 1.00. The summed E-state index contributed by atoms with van der Waals surface area (Å²) in [6.07, 6.45) is 2.57. The Morgan fingerprint density at radius 3 is 2.22 bits per heavy atom. The predicted octanol–water partition coefficient (Wildman–Crippen LogP) is 2.27. The molecule has 0 atom stereocenters. The smallest absolute Gasteiger partial charge is 0.466 e. The van der Waals surface area contributed by atoms with Gasteiger partial charge in [0.25, 0.3) is 0 Å². The fraction of sp³-hybridized carbons (Fsp3) is 0.769. The van der Waals surface area contributed by atoms with E-state index >= 15 is 0 Å². The summed E-state index contributed by atoms with van der Waals surface area (Å²) in [5, 5.41) is 0. The van der Waals surface area contributed by atoms with Crippen LogP contribution in [0, 0.1) is 0 Å². The van der Waals surface area contributed by atoms with Crippen molar-refractivity contribution in [2.24, 2.45) is 0 Å². The molecule has 100 valence electrons. The molecule has 2 aliphatic rings. The minimum Gasteiger partial charge on any atom is -0.466 e. The highest BCUT2D eigenvalue weighted by Gasteiger charge is 2.53. The van der Waals surface area contributed by atoms with Crippen molar-refractivity contribution in [1.82, 2.24) is 0 Å². The van der Waals surface area contributed by atoms with Crippen LogP contribution in [-0.4, -0.2) is 31.4 Å². The topological polar surface area (TPSA) is 44.8 Å². The second kappa shape index (κ2) is 4.39. The molecule has 0 aromatic rings. The second-order valence-electron chi connectivity index (χ2n) is 5.94. The second-order valence-corrected chi connectivity index (χ2v) is 5.94. The molecular formula is C13H21BO4. The molecule has 0 bridgehead atoms. The van der Waals surface area contributed by atoms with Crippen LogP contribution < -0.4 is 0 Å². The first-order valence-electron chi connectivity index (χ1n) is 6.44. The van der Waals surface area contributed by atoms with Gasteiger partial charge in [0.2, 0.25) is 0 Å². The standard InChI is InChI=1S/C13H21BO4/c1-12(2)13(3,4)18-14(17-12)10-8-6-7-9(10)11(15)16-5/h6-8H2,1-5H3. The molecule has 1 aliphatic heterocycles. The molecule has 1 aliphatic carbocycles. The maximum absolute atomic E-state index is 11.7. The van der Waals surface area contributed by atoms with Crippen molar-refractivity contribution in [2.75, 3.05) is 7.11 Å². The van der Waals surface area contributed by atoms with Crippen molar-refractivity contribution < 1.29 is 18.8 Å². The monoisotopic (exact) mass is 252 g/mol. The minimum atomic E-state index is -0.411. The Balaban J connectivity index is 2.26. The van der Waals surface area contributed by atoms with Gasteiger partial charge < -0.3 is 14.0 Å². The van der Waals surface area contributed by atoms with Crippen LogP contribution in [-0.2, 0) is 18.8 Å². The summed E-state index contributed by atoms with van der Waals surface area (Å²) in [5.74, 6) is -0.253. The molecule has 1 saturated heterocycles. The molecule has 5 heteroatoms. The van der Waals surface area contributed by atoms with Gasteiger partial charge in [-0.25, -0.2) is 4.79 Å². The Morgan fingerprint density at radius 2 is 1.72 bits per heavy atom. The van der Waals surface area contributed by atoms with Gasteiger partial charge in [0, 0.05) is 5.57 Å². The molecule has 18 heavy (non-hydrogen) atoms. The molecule has 0 unspecified atom stereocenters. The van der Waals surface area contributed by atoms with Gasteiger partial charge in [-0.3, -0.25) is 0 Å². The van der Waals surface area contributed by atoms with Crippen molar-refractivity contribution in [3.05, 3.63) is 11.0 Å². The Morgan fingerprint density at radius 1 is 1.17 bits per heavy atom. The number of hydrogen-bond acceptors (Lipinski definition) is 4. The average molecular weight is 252 g/mol. The van der Waals surface area contributed by atoms with Gasteiger partial charge in [-0.15, -0.1) is 0 Å². The molecule has 0 saturated carbocycles. The number of rotatable bonds is 2. The van der Waals surface area contributed by atoms with Crippen molar-refractivity contribution in [3.63, 3.8) is 0 Å². The van der Waals surface area contributed by atoms with Crippen LogP contribution in [0.15, 0.2) is 11.0 Å². The maximum atomic E-state index is 11.7. The van der Waals surface area contributed by atoms with Crippen LogP contribution in [0.3, 0.4) is 0 Å². The van der Waals surface area contributed by atoms with E-state index in [4.69, 9.17) is 14.0 Å². The van der Waals surface area contributed by atoms with E-state index in [0.717, 1.165) is 30.3 Å². The predicted molar refractivity (Wildman–Crippen MR) is 69.0 cm³/mol. The zero-order valence-corrected chi connectivity index (χ0v) is 11.8. The number of ether oxygens (including phenoxy) is 1. The molecule has 1 heterocycles. The van der Waals surface area contributed by atoms with Crippen LogP contribution >= 0.6 is 0 Å². The molecule has 0 spiro atoms. The van der Waals surface area contributed by atoms with E-state index in [1.165, 1.54) is 7.11 Å². The Hall–Kier alpha value is -0.805. The normalized spacial score (nSPS) is 25.7. The lowest BCUT2D eigenvalue weighted by atomic mass is 9.75. The summed E-state index contributed by atoms with van der Waals surface area (Å²) in [5.41, 5.74) is 0.958. The van der Waals surface area contributed by atoms with Gasteiger partial charge in [0.05, 0.1) is 18.3 Å². The van der Waals surface area contributed by atoms with E-state index in [-0.39, 0.29) is 17.2 Å². The zero-order valence-electron chi connectivity index (χ0n) is 11.8. The van der Waals surface area contributed by atoms with E-state index in [1.807, 2.05) is 27.7 Å². The fourth-order valence-electron chi connectivity index (χ4n) is 2.37. The van der Waals surface area contributed by atoms with Gasteiger partial charge in [-0.1, -0.05) is 0 Å². The molecule has 4 nitrogen and oxygen atoms in total. The number of hydrogen-bond donors (Lipinski definition) is 0. The highest BCUT2D eigenvalue weighted by molar-refractivity contribution is 6.55. The highest BCUT2D eigenvalue weighted by Crippen LogP contribution is 2.42. The SMILES string of the molecule is COC(=O)C1=C(B2OC(C)(C)C(C)(C)O2)CCC1. The van der Waals surface area contributed by atoms with Crippen molar-refractivity contribution in [1.29, 1.82) is 0 Å². The molecule has 2 rings (SSSR count). The van der Waals surface area contributed by atoms with E-state index in [2.05, 4.69) is 0 Å². The summed E-state index contributed by atoms with van der Waals surface area (Å²) in [6.45, 7) is 8.06. The number of carbonyl (C=O) groups is 1. The van der Waals surface area contributed by atoms with Crippen molar-refractivity contribution >= 4 is 13.1 Å². The third kappa shape index (κ3) is 2.10. The molecule has 0 radical (unpaired) electrons. The van der Waals surface area contributed by atoms with Gasteiger partial charge in [-0.2, -0.15) is 0 Å². The molecule has 0 amide bonds. The summed E-state index contributed by atoms with van der Waals surface area (Å²) in [6, 6.07) is 0. The van der Waals surface area contributed by atoms with Crippen LogP contribution in [0.4, 0.5) is 0 Å². The molecule has 0 aromatic heterocycles. The number of esters is 1. The largest absolute Gasteiger partial charge is 0.491 e. The number of carbonyl (C=O) groups excluding carboxylic acids is 1. The maximum Gasteiger partial charge on any atom is 0.491 e. The van der Waals surface area contributed by atoms with Crippen molar-refractivity contribution in [3.8, 4) is 0 Å². The molecule has 1 fully saturated rings. The van der Waals surface area contributed by atoms with Crippen LogP contribution in [0.1, 0.15) is 47.0 Å². The first-order chi connectivity index (χ1) is 8.28. The van der Waals surface area contributed by atoms with Crippen LogP contribution in [0.25, 0.3) is 0 Å². The summed E-state index contributed by atoms with van der Waals surface area (Å²) >= 11 is 0. The first kappa shape index (κ1) is 13.6. The van der Waals surface area contributed by atoms with Crippen molar-refractivity contribution in [2.45, 2.75) is 58.2 Å². The Kier molecular flexibility index (Phi) is 3.32. The highest BCUT2D eigenvalue weighted by atomic mass is 16.7. The zero-order chi connectivity index (χ0) is 13.6.